The molecular formula is C19H32ClN3O2. The van der Waals surface area contributed by atoms with Crippen molar-refractivity contribution in [3.63, 3.8) is 0 Å². The molecule has 0 spiro atoms. The summed E-state index contributed by atoms with van der Waals surface area (Å²) in [7, 11) is 3.84. The Bertz CT molecular complexity index is 547. The van der Waals surface area contributed by atoms with Gasteiger partial charge in [-0.15, -0.1) is 12.4 Å². The average Bonchev–Trinajstić information content (AvgIpc) is 2.49. The molecule has 1 rings (SSSR count). The molecule has 6 heteroatoms. The van der Waals surface area contributed by atoms with Crippen molar-refractivity contribution < 1.29 is 9.59 Å². The van der Waals surface area contributed by atoms with E-state index in [9.17, 15) is 9.59 Å². The maximum absolute atomic E-state index is 12.2. The Kier molecular flexibility index (Phi) is 11.1. The van der Waals surface area contributed by atoms with Crippen molar-refractivity contribution >= 4 is 24.2 Å². The molecule has 3 N–H and O–H groups in total. The lowest BCUT2D eigenvalue weighted by molar-refractivity contribution is -0.127. The van der Waals surface area contributed by atoms with Gasteiger partial charge in [0.05, 0.1) is 0 Å². The molecule has 5 nitrogen and oxygen atoms in total. The van der Waals surface area contributed by atoms with E-state index in [0.29, 0.717) is 31.7 Å². The quantitative estimate of drug-likeness (QED) is 0.663. The number of aryl methyl sites for hydroxylation is 1. The summed E-state index contributed by atoms with van der Waals surface area (Å²) in [6.45, 7) is 5.07. The van der Waals surface area contributed by atoms with E-state index in [0.717, 1.165) is 6.42 Å². The third-order valence-electron chi connectivity index (χ3n) is 3.91. The summed E-state index contributed by atoms with van der Waals surface area (Å²) in [5.74, 6) is -0.0347. The molecule has 1 unspecified atom stereocenters. The largest absolute Gasteiger partial charge is 0.368 e. The zero-order chi connectivity index (χ0) is 18.1. The van der Waals surface area contributed by atoms with Crippen molar-refractivity contribution in [1.29, 1.82) is 0 Å². The summed E-state index contributed by atoms with van der Waals surface area (Å²) in [4.78, 5) is 25.6. The van der Waals surface area contributed by atoms with Crippen molar-refractivity contribution in [3.05, 3.63) is 35.4 Å². The van der Waals surface area contributed by atoms with Gasteiger partial charge >= 0.3 is 0 Å². The molecule has 0 aliphatic carbocycles. The fraction of sp³-hybridized carbons (Fsp3) is 0.579. The molecule has 0 bridgehead atoms. The van der Waals surface area contributed by atoms with Crippen molar-refractivity contribution in [2.45, 2.75) is 45.6 Å². The predicted molar refractivity (Wildman–Crippen MR) is 105 cm³/mol. The number of rotatable bonds is 10. The van der Waals surface area contributed by atoms with Crippen LogP contribution in [-0.2, 0) is 22.4 Å². The second-order valence-corrected chi connectivity index (χ2v) is 6.98. The van der Waals surface area contributed by atoms with Crippen LogP contribution >= 0.6 is 12.4 Å². The van der Waals surface area contributed by atoms with Crippen molar-refractivity contribution in [1.82, 2.24) is 10.2 Å². The van der Waals surface area contributed by atoms with Gasteiger partial charge in [0, 0.05) is 6.42 Å². The third kappa shape index (κ3) is 9.46. The van der Waals surface area contributed by atoms with Gasteiger partial charge in [0.15, 0.2) is 0 Å². The van der Waals surface area contributed by atoms with Gasteiger partial charge in [0.1, 0.15) is 6.04 Å². The first-order valence-electron chi connectivity index (χ1n) is 8.59. The summed E-state index contributed by atoms with van der Waals surface area (Å²) < 4.78 is 0. The second-order valence-electron chi connectivity index (χ2n) is 6.98. The lowest BCUT2D eigenvalue weighted by Crippen LogP contribution is -2.45. The highest BCUT2D eigenvalue weighted by Crippen LogP contribution is 2.15. The highest BCUT2D eigenvalue weighted by molar-refractivity contribution is 5.86. The zero-order valence-corrected chi connectivity index (χ0v) is 16.6. The SMILES string of the molecule is CC(C)Cc1ccccc1CCC(=O)NC(CCN(C)C)C(N)=O.Cl. The standard InChI is InChI=1S/C19H31N3O2.ClH/c1-14(2)13-16-8-6-5-7-15(16)9-10-18(23)21-17(19(20)24)11-12-22(3)4;/h5-8,14,17H,9-13H2,1-4H3,(H2,20,24)(H,21,23);1H. The Balaban J connectivity index is 0.00000576. The molecule has 1 aromatic rings. The first-order chi connectivity index (χ1) is 11.3. The van der Waals surface area contributed by atoms with Crippen LogP contribution in [0.1, 0.15) is 37.8 Å². The first-order valence-corrected chi connectivity index (χ1v) is 8.59. The van der Waals surface area contributed by atoms with Gasteiger partial charge in [0.2, 0.25) is 11.8 Å². The van der Waals surface area contributed by atoms with Gasteiger partial charge in [-0.2, -0.15) is 0 Å². The molecule has 0 saturated carbocycles. The summed E-state index contributed by atoms with van der Waals surface area (Å²) in [5, 5.41) is 2.76. The third-order valence-corrected chi connectivity index (χ3v) is 3.91. The smallest absolute Gasteiger partial charge is 0.240 e. The molecule has 2 amide bonds. The molecule has 0 heterocycles. The highest BCUT2D eigenvalue weighted by atomic mass is 35.5. The van der Waals surface area contributed by atoms with E-state index >= 15 is 0 Å². The summed E-state index contributed by atoms with van der Waals surface area (Å²) in [6.07, 6.45) is 2.57. The number of nitrogens with one attached hydrogen (secondary N) is 1. The molecule has 0 aliphatic heterocycles. The van der Waals surface area contributed by atoms with Crippen molar-refractivity contribution in [2.75, 3.05) is 20.6 Å². The lowest BCUT2D eigenvalue weighted by Gasteiger charge is -2.18. The highest BCUT2D eigenvalue weighted by Gasteiger charge is 2.18. The minimum Gasteiger partial charge on any atom is -0.368 e. The van der Waals surface area contributed by atoms with Crippen LogP contribution < -0.4 is 11.1 Å². The van der Waals surface area contributed by atoms with E-state index in [1.165, 1.54) is 11.1 Å². The molecule has 1 atom stereocenters. The Hall–Kier alpha value is -1.59. The van der Waals surface area contributed by atoms with Crippen molar-refractivity contribution in [3.8, 4) is 0 Å². The minimum atomic E-state index is -0.606. The lowest BCUT2D eigenvalue weighted by atomic mass is 9.95. The van der Waals surface area contributed by atoms with E-state index in [1.54, 1.807) is 0 Å². The molecule has 1 aromatic carbocycles. The summed E-state index contributed by atoms with van der Waals surface area (Å²) in [5.41, 5.74) is 7.88. The van der Waals surface area contributed by atoms with Crippen LogP contribution in [0.25, 0.3) is 0 Å². The number of carbonyl (C=O) groups excluding carboxylic acids is 2. The Morgan fingerprint density at radius 1 is 1.16 bits per heavy atom. The van der Waals surface area contributed by atoms with Crippen LogP contribution in [0.5, 0.6) is 0 Å². The van der Waals surface area contributed by atoms with Crippen LogP contribution in [0.4, 0.5) is 0 Å². The number of hydrogen-bond acceptors (Lipinski definition) is 3. The van der Waals surface area contributed by atoms with Crippen molar-refractivity contribution in [2.24, 2.45) is 11.7 Å². The maximum atomic E-state index is 12.2. The van der Waals surface area contributed by atoms with E-state index in [1.807, 2.05) is 31.1 Å². The molecule has 0 saturated heterocycles. The van der Waals surface area contributed by atoms with Gasteiger partial charge < -0.3 is 16.0 Å². The van der Waals surface area contributed by atoms with Crippen LogP contribution in [-0.4, -0.2) is 43.4 Å². The number of carbonyl (C=O) groups is 2. The number of hydrogen-bond donors (Lipinski definition) is 2. The Labute approximate surface area is 157 Å². The number of nitrogens with two attached hydrogens (primary N) is 1. The van der Waals surface area contributed by atoms with Crippen LogP contribution in [0.2, 0.25) is 0 Å². The van der Waals surface area contributed by atoms with Gasteiger partial charge in [-0.05, 0) is 56.9 Å². The number of primary amides is 1. The zero-order valence-electron chi connectivity index (χ0n) is 15.7. The molecule has 0 fully saturated rings. The molecule has 0 aromatic heterocycles. The van der Waals surface area contributed by atoms with E-state index in [-0.39, 0.29) is 18.3 Å². The second kappa shape index (κ2) is 11.9. The molecule has 0 aliphatic rings. The predicted octanol–water partition coefficient (Wildman–Crippen LogP) is 2.16. The minimum absolute atomic E-state index is 0. The number of amides is 2. The number of benzene rings is 1. The Morgan fingerprint density at radius 2 is 1.76 bits per heavy atom. The normalized spacial score (nSPS) is 11.9. The van der Waals surface area contributed by atoms with E-state index in [4.69, 9.17) is 5.73 Å². The number of halogens is 1. The average molecular weight is 370 g/mol. The summed E-state index contributed by atoms with van der Waals surface area (Å²) >= 11 is 0. The molecule has 0 radical (unpaired) electrons. The molecular weight excluding hydrogens is 338 g/mol. The fourth-order valence-electron chi connectivity index (χ4n) is 2.63. The van der Waals surface area contributed by atoms with E-state index in [2.05, 4.69) is 31.3 Å². The van der Waals surface area contributed by atoms with Gasteiger partial charge in [0.25, 0.3) is 0 Å². The number of nitrogens with zero attached hydrogens (tertiary/aromatic N) is 1. The van der Waals surface area contributed by atoms with E-state index < -0.39 is 11.9 Å². The first kappa shape index (κ1) is 23.4. The van der Waals surface area contributed by atoms with Crippen LogP contribution in [0, 0.1) is 5.92 Å². The monoisotopic (exact) mass is 369 g/mol. The van der Waals surface area contributed by atoms with Gasteiger partial charge in [-0.25, -0.2) is 0 Å². The van der Waals surface area contributed by atoms with Crippen LogP contribution in [0.3, 0.4) is 0 Å². The van der Waals surface area contributed by atoms with Gasteiger partial charge in [-0.1, -0.05) is 38.1 Å². The maximum Gasteiger partial charge on any atom is 0.240 e. The fourth-order valence-corrected chi connectivity index (χ4v) is 2.63. The summed E-state index contributed by atoms with van der Waals surface area (Å²) in [6, 6.07) is 7.62. The topological polar surface area (TPSA) is 75.4 Å². The molecule has 25 heavy (non-hydrogen) atoms. The van der Waals surface area contributed by atoms with Gasteiger partial charge in [-0.3, -0.25) is 9.59 Å². The molecule has 142 valence electrons. The Morgan fingerprint density at radius 3 is 2.28 bits per heavy atom. The van der Waals surface area contributed by atoms with Crippen LogP contribution in [0.15, 0.2) is 24.3 Å².